The van der Waals surface area contributed by atoms with E-state index < -0.39 is 6.10 Å². The molecule has 1 aromatic rings. The summed E-state index contributed by atoms with van der Waals surface area (Å²) in [6, 6.07) is 9.77. The molecule has 0 spiro atoms. The van der Waals surface area contributed by atoms with Crippen LogP contribution in [0.25, 0.3) is 0 Å². The summed E-state index contributed by atoms with van der Waals surface area (Å²) in [6.07, 6.45) is -0.736. The predicted molar refractivity (Wildman–Crippen MR) is 74.4 cm³/mol. The summed E-state index contributed by atoms with van der Waals surface area (Å²) in [7, 11) is 0. The molecule has 0 saturated heterocycles. The maximum absolute atomic E-state index is 11.6. The number of hydrogen-bond acceptors (Lipinski definition) is 4. The van der Waals surface area contributed by atoms with Gasteiger partial charge in [0.2, 0.25) is 0 Å². The van der Waals surface area contributed by atoms with Crippen LogP contribution in [0.3, 0.4) is 0 Å². The van der Waals surface area contributed by atoms with E-state index >= 15 is 0 Å². The predicted octanol–water partition coefficient (Wildman–Crippen LogP) is 2.48. The largest absolute Gasteiger partial charge is 0.390 e. The van der Waals surface area contributed by atoms with Crippen LogP contribution in [0.1, 0.15) is 19.4 Å². The fourth-order valence-corrected chi connectivity index (χ4v) is 2.15. The van der Waals surface area contributed by atoms with Crippen molar-refractivity contribution >= 4 is 16.9 Å². The van der Waals surface area contributed by atoms with E-state index in [-0.39, 0.29) is 17.6 Å². The first-order valence-corrected chi connectivity index (χ1v) is 7.10. The lowest BCUT2D eigenvalue weighted by Gasteiger charge is -2.17. The third-order valence-corrected chi connectivity index (χ3v) is 3.58. The van der Waals surface area contributed by atoms with Gasteiger partial charge < -0.3 is 9.84 Å². The summed E-state index contributed by atoms with van der Waals surface area (Å²) < 4.78 is 5.42. The van der Waals surface area contributed by atoms with Gasteiger partial charge in [-0.1, -0.05) is 55.9 Å². The average molecular weight is 268 g/mol. The highest BCUT2D eigenvalue weighted by Gasteiger charge is 2.21. The van der Waals surface area contributed by atoms with E-state index in [0.29, 0.717) is 6.61 Å². The number of ether oxygens (including phenoxy) is 1. The van der Waals surface area contributed by atoms with Gasteiger partial charge in [-0.2, -0.15) is 0 Å². The normalized spacial score (nSPS) is 14.2. The van der Waals surface area contributed by atoms with Gasteiger partial charge in [0, 0.05) is 0 Å². The molecule has 1 N–H and O–H groups in total. The molecule has 0 heterocycles. The Bertz CT molecular complexity index is 353. The molecule has 0 saturated carbocycles. The third kappa shape index (κ3) is 5.21. The van der Waals surface area contributed by atoms with Crippen LogP contribution in [-0.4, -0.2) is 28.7 Å². The number of benzene rings is 1. The molecule has 0 aliphatic carbocycles. The molecule has 2 unspecified atom stereocenters. The SMILES string of the molecule is CCSC(=O)C(C)C(O)COCc1ccccc1. The van der Waals surface area contributed by atoms with E-state index in [1.807, 2.05) is 37.3 Å². The van der Waals surface area contributed by atoms with Crippen molar-refractivity contribution in [3.8, 4) is 0 Å². The Kier molecular flexibility index (Phi) is 7.01. The number of aliphatic hydroxyl groups excluding tert-OH is 1. The molecule has 0 aliphatic rings. The average Bonchev–Trinajstić information content (AvgIpc) is 2.39. The first kappa shape index (κ1) is 15.2. The van der Waals surface area contributed by atoms with Crippen molar-refractivity contribution in [2.75, 3.05) is 12.4 Å². The Balaban J connectivity index is 2.28. The van der Waals surface area contributed by atoms with Gasteiger partial charge in [-0.15, -0.1) is 0 Å². The summed E-state index contributed by atoms with van der Waals surface area (Å²) >= 11 is 1.24. The van der Waals surface area contributed by atoms with Crippen molar-refractivity contribution in [1.29, 1.82) is 0 Å². The lowest BCUT2D eigenvalue weighted by atomic mass is 10.1. The van der Waals surface area contributed by atoms with Gasteiger partial charge in [-0.25, -0.2) is 0 Å². The van der Waals surface area contributed by atoms with Crippen LogP contribution in [0.2, 0.25) is 0 Å². The van der Waals surface area contributed by atoms with E-state index in [2.05, 4.69) is 0 Å². The summed E-state index contributed by atoms with van der Waals surface area (Å²) in [5.41, 5.74) is 1.06. The van der Waals surface area contributed by atoms with Crippen molar-refractivity contribution in [3.63, 3.8) is 0 Å². The molecule has 0 fully saturated rings. The molecule has 18 heavy (non-hydrogen) atoms. The Morgan fingerprint density at radius 2 is 2.06 bits per heavy atom. The molecule has 0 aromatic heterocycles. The molecule has 1 rings (SSSR count). The van der Waals surface area contributed by atoms with Gasteiger partial charge in [-0.3, -0.25) is 4.79 Å². The highest BCUT2D eigenvalue weighted by molar-refractivity contribution is 8.13. The maximum Gasteiger partial charge on any atom is 0.194 e. The molecule has 2 atom stereocenters. The Hall–Kier alpha value is -0.840. The second-order valence-corrected chi connectivity index (χ2v) is 5.38. The first-order valence-electron chi connectivity index (χ1n) is 6.11. The number of rotatable bonds is 7. The van der Waals surface area contributed by atoms with Crippen LogP contribution in [0.15, 0.2) is 30.3 Å². The van der Waals surface area contributed by atoms with Crippen molar-refractivity contribution < 1.29 is 14.6 Å². The van der Waals surface area contributed by atoms with Crippen LogP contribution in [-0.2, 0) is 16.1 Å². The molecular weight excluding hydrogens is 248 g/mol. The van der Waals surface area contributed by atoms with Crippen LogP contribution < -0.4 is 0 Å². The number of carbonyl (C=O) groups excluding carboxylic acids is 1. The quantitative estimate of drug-likeness (QED) is 0.825. The van der Waals surface area contributed by atoms with Gasteiger partial charge in [0.1, 0.15) is 0 Å². The van der Waals surface area contributed by atoms with Crippen LogP contribution >= 0.6 is 11.8 Å². The monoisotopic (exact) mass is 268 g/mol. The van der Waals surface area contributed by atoms with E-state index in [9.17, 15) is 9.90 Å². The fraction of sp³-hybridized carbons (Fsp3) is 0.500. The Labute approximate surface area is 113 Å². The standard InChI is InChI=1S/C14H20O3S/c1-3-18-14(16)11(2)13(15)10-17-9-12-7-5-4-6-8-12/h4-8,11,13,15H,3,9-10H2,1-2H3. The van der Waals surface area contributed by atoms with Gasteiger partial charge in [0.25, 0.3) is 0 Å². The zero-order valence-electron chi connectivity index (χ0n) is 10.8. The van der Waals surface area contributed by atoms with Gasteiger partial charge >= 0.3 is 0 Å². The molecule has 0 radical (unpaired) electrons. The summed E-state index contributed by atoms with van der Waals surface area (Å²) in [4.78, 5) is 11.6. The zero-order chi connectivity index (χ0) is 13.4. The lowest BCUT2D eigenvalue weighted by molar-refractivity contribution is -0.118. The van der Waals surface area contributed by atoms with E-state index in [0.717, 1.165) is 11.3 Å². The number of carbonyl (C=O) groups is 1. The minimum absolute atomic E-state index is 0.0216. The van der Waals surface area contributed by atoms with Crippen molar-refractivity contribution in [3.05, 3.63) is 35.9 Å². The third-order valence-electron chi connectivity index (χ3n) is 2.64. The highest BCUT2D eigenvalue weighted by atomic mass is 32.2. The van der Waals surface area contributed by atoms with Gasteiger partial charge in [0.15, 0.2) is 5.12 Å². The second kappa shape index (κ2) is 8.29. The number of hydrogen-bond donors (Lipinski definition) is 1. The molecule has 0 bridgehead atoms. The minimum Gasteiger partial charge on any atom is -0.390 e. The summed E-state index contributed by atoms with van der Waals surface area (Å²) in [5, 5.41) is 9.86. The first-order chi connectivity index (χ1) is 8.65. The van der Waals surface area contributed by atoms with E-state index in [1.165, 1.54) is 11.8 Å². The Morgan fingerprint density at radius 3 is 2.67 bits per heavy atom. The highest BCUT2D eigenvalue weighted by Crippen LogP contribution is 2.15. The molecule has 4 heteroatoms. The fourth-order valence-electron chi connectivity index (χ4n) is 1.45. The van der Waals surface area contributed by atoms with Crippen LogP contribution in [0, 0.1) is 5.92 Å². The number of aliphatic hydroxyl groups is 1. The maximum atomic E-state index is 11.6. The van der Waals surface area contributed by atoms with Gasteiger partial charge in [-0.05, 0) is 11.3 Å². The molecule has 0 amide bonds. The minimum atomic E-state index is -0.736. The van der Waals surface area contributed by atoms with E-state index in [4.69, 9.17) is 4.74 Å². The molecule has 3 nitrogen and oxygen atoms in total. The zero-order valence-corrected chi connectivity index (χ0v) is 11.7. The smallest absolute Gasteiger partial charge is 0.194 e. The summed E-state index contributed by atoms with van der Waals surface area (Å²) in [5.74, 6) is 0.353. The topological polar surface area (TPSA) is 46.5 Å². The van der Waals surface area contributed by atoms with Crippen molar-refractivity contribution in [2.24, 2.45) is 5.92 Å². The molecule has 1 aromatic carbocycles. The summed E-state index contributed by atoms with van der Waals surface area (Å²) in [6.45, 7) is 4.31. The second-order valence-electron chi connectivity index (χ2n) is 4.11. The number of thioether (sulfide) groups is 1. The van der Waals surface area contributed by atoms with Gasteiger partial charge in [0.05, 0.1) is 25.2 Å². The van der Waals surface area contributed by atoms with Crippen molar-refractivity contribution in [2.45, 2.75) is 26.6 Å². The molecular formula is C14H20O3S. The molecule has 100 valence electrons. The lowest BCUT2D eigenvalue weighted by Crippen LogP contribution is -2.28. The van der Waals surface area contributed by atoms with E-state index in [1.54, 1.807) is 6.92 Å². The molecule has 0 aliphatic heterocycles. The van der Waals surface area contributed by atoms with Crippen LogP contribution in [0.4, 0.5) is 0 Å². The van der Waals surface area contributed by atoms with Crippen LogP contribution in [0.5, 0.6) is 0 Å². The van der Waals surface area contributed by atoms with Crippen molar-refractivity contribution in [1.82, 2.24) is 0 Å². The Morgan fingerprint density at radius 1 is 1.39 bits per heavy atom.